The average molecular weight is 251 g/mol. The van der Waals surface area contributed by atoms with Gasteiger partial charge in [0.15, 0.2) is 0 Å². The third kappa shape index (κ3) is 2.42. The van der Waals surface area contributed by atoms with E-state index in [1.165, 1.54) is 7.11 Å². The lowest BCUT2D eigenvalue weighted by molar-refractivity contribution is -0.148. The number of fused-ring (bicyclic) bond motifs is 2. The van der Waals surface area contributed by atoms with Gasteiger partial charge in [0.05, 0.1) is 13.0 Å². The molecule has 0 radical (unpaired) electrons. The standard InChI is InChI=1S/C14H21NO3/c1-8(2)6-11(16)15-13-10-5-4-9(7-10)12(13)14(17)18-3/h6,9-10,12-13H,4-5,7H2,1-3H3,(H,15,16). The summed E-state index contributed by atoms with van der Waals surface area (Å²) in [5.41, 5.74) is 0.963. The quantitative estimate of drug-likeness (QED) is 0.613. The van der Waals surface area contributed by atoms with Crippen molar-refractivity contribution in [2.75, 3.05) is 7.11 Å². The molecule has 18 heavy (non-hydrogen) atoms. The number of ether oxygens (including phenoxy) is 1. The van der Waals surface area contributed by atoms with Crippen LogP contribution < -0.4 is 5.32 Å². The van der Waals surface area contributed by atoms with Crippen LogP contribution in [0.25, 0.3) is 0 Å². The second-order valence-corrected chi connectivity index (χ2v) is 5.64. The SMILES string of the molecule is COC(=O)C1C2CCC(C2)C1NC(=O)C=C(C)C. The van der Waals surface area contributed by atoms with Gasteiger partial charge in [0, 0.05) is 12.1 Å². The summed E-state index contributed by atoms with van der Waals surface area (Å²) >= 11 is 0. The van der Waals surface area contributed by atoms with Crippen LogP contribution >= 0.6 is 0 Å². The number of carbonyl (C=O) groups excluding carboxylic acids is 2. The number of nitrogens with one attached hydrogen (secondary N) is 1. The molecule has 0 spiro atoms. The van der Waals surface area contributed by atoms with E-state index in [1.54, 1.807) is 6.08 Å². The first-order chi connectivity index (χ1) is 8.52. The van der Waals surface area contributed by atoms with Crippen LogP contribution in [0.1, 0.15) is 33.1 Å². The van der Waals surface area contributed by atoms with E-state index in [0.29, 0.717) is 11.8 Å². The Morgan fingerprint density at radius 1 is 1.22 bits per heavy atom. The molecule has 0 aliphatic heterocycles. The van der Waals surface area contributed by atoms with Gasteiger partial charge in [-0.15, -0.1) is 0 Å². The van der Waals surface area contributed by atoms with Crippen molar-refractivity contribution in [2.24, 2.45) is 17.8 Å². The number of allylic oxidation sites excluding steroid dienone is 1. The van der Waals surface area contributed by atoms with Crippen molar-refractivity contribution < 1.29 is 14.3 Å². The van der Waals surface area contributed by atoms with Gasteiger partial charge in [-0.25, -0.2) is 0 Å². The number of hydrogen-bond donors (Lipinski definition) is 1. The minimum atomic E-state index is -0.176. The molecule has 0 heterocycles. The van der Waals surface area contributed by atoms with Gasteiger partial charge in [-0.05, 0) is 44.9 Å². The van der Waals surface area contributed by atoms with Crippen LogP contribution in [0.15, 0.2) is 11.6 Å². The van der Waals surface area contributed by atoms with Gasteiger partial charge in [-0.1, -0.05) is 5.57 Å². The fourth-order valence-electron chi connectivity index (χ4n) is 3.44. The number of amides is 1. The molecular weight excluding hydrogens is 230 g/mol. The fourth-order valence-corrected chi connectivity index (χ4v) is 3.44. The molecule has 4 atom stereocenters. The number of carbonyl (C=O) groups is 2. The van der Waals surface area contributed by atoms with E-state index in [0.717, 1.165) is 24.8 Å². The highest BCUT2D eigenvalue weighted by molar-refractivity contribution is 5.89. The Morgan fingerprint density at radius 2 is 1.89 bits per heavy atom. The van der Waals surface area contributed by atoms with Crippen LogP contribution in [0.3, 0.4) is 0 Å². The molecule has 2 rings (SSSR count). The zero-order chi connectivity index (χ0) is 13.3. The smallest absolute Gasteiger partial charge is 0.311 e. The van der Waals surface area contributed by atoms with Gasteiger partial charge in [0.2, 0.25) is 5.91 Å². The molecule has 100 valence electrons. The van der Waals surface area contributed by atoms with E-state index < -0.39 is 0 Å². The molecule has 2 saturated carbocycles. The lowest BCUT2D eigenvalue weighted by Crippen LogP contribution is -2.46. The third-order valence-corrected chi connectivity index (χ3v) is 4.12. The molecule has 0 saturated heterocycles. The average Bonchev–Trinajstić information content (AvgIpc) is 2.87. The summed E-state index contributed by atoms with van der Waals surface area (Å²) in [6, 6.07) is -0.0423. The minimum absolute atomic E-state index is 0.0423. The Labute approximate surface area is 108 Å². The molecule has 0 aromatic carbocycles. The highest BCUT2D eigenvalue weighted by Gasteiger charge is 2.51. The molecule has 2 aliphatic rings. The van der Waals surface area contributed by atoms with Crippen molar-refractivity contribution in [3.63, 3.8) is 0 Å². The van der Waals surface area contributed by atoms with Gasteiger partial charge in [-0.2, -0.15) is 0 Å². The van der Waals surface area contributed by atoms with Crippen LogP contribution in [0.4, 0.5) is 0 Å². The lowest BCUT2D eigenvalue weighted by atomic mass is 9.84. The van der Waals surface area contributed by atoms with E-state index in [4.69, 9.17) is 4.74 Å². The van der Waals surface area contributed by atoms with E-state index in [1.807, 2.05) is 13.8 Å². The Kier molecular flexibility index (Phi) is 3.73. The van der Waals surface area contributed by atoms with Crippen molar-refractivity contribution in [3.8, 4) is 0 Å². The summed E-state index contributed by atoms with van der Waals surface area (Å²) in [5.74, 6) is 0.405. The third-order valence-electron chi connectivity index (χ3n) is 4.12. The molecule has 0 aromatic rings. The van der Waals surface area contributed by atoms with Crippen LogP contribution in [-0.4, -0.2) is 25.0 Å². The topological polar surface area (TPSA) is 55.4 Å². The zero-order valence-corrected chi connectivity index (χ0v) is 11.2. The predicted octanol–water partition coefficient (Wildman–Crippen LogP) is 1.66. The molecule has 2 bridgehead atoms. The summed E-state index contributed by atoms with van der Waals surface area (Å²) in [6.07, 6.45) is 4.82. The zero-order valence-electron chi connectivity index (χ0n) is 11.2. The first-order valence-electron chi connectivity index (χ1n) is 6.56. The molecule has 2 fully saturated rings. The summed E-state index contributed by atoms with van der Waals surface area (Å²) in [5, 5.41) is 2.99. The normalized spacial score (nSPS) is 33.1. The van der Waals surface area contributed by atoms with E-state index >= 15 is 0 Å². The van der Waals surface area contributed by atoms with Gasteiger partial charge in [0.1, 0.15) is 0 Å². The number of methoxy groups -OCH3 is 1. The van der Waals surface area contributed by atoms with Crippen molar-refractivity contribution in [2.45, 2.75) is 39.2 Å². The second-order valence-electron chi connectivity index (χ2n) is 5.64. The molecule has 2 aliphatic carbocycles. The van der Waals surface area contributed by atoms with Gasteiger partial charge in [0.25, 0.3) is 0 Å². The van der Waals surface area contributed by atoms with Crippen molar-refractivity contribution in [1.82, 2.24) is 5.32 Å². The summed E-state index contributed by atoms with van der Waals surface area (Å²) < 4.78 is 4.87. The van der Waals surface area contributed by atoms with Crippen LogP contribution in [0, 0.1) is 17.8 Å². The molecule has 4 unspecified atom stereocenters. The first kappa shape index (κ1) is 13.1. The fraction of sp³-hybridized carbons (Fsp3) is 0.714. The van der Waals surface area contributed by atoms with Crippen molar-refractivity contribution in [3.05, 3.63) is 11.6 Å². The Morgan fingerprint density at radius 3 is 2.50 bits per heavy atom. The summed E-state index contributed by atoms with van der Waals surface area (Å²) in [6.45, 7) is 3.77. The second kappa shape index (κ2) is 5.12. The maximum Gasteiger partial charge on any atom is 0.311 e. The molecular formula is C14H21NO3. The number of hydrogen-bond acceptors (Lipinski definition) is 3. The van der Waals surface area contributed by atoms with Crippen LogP contribution in [0.5, 0.6) is 0 Å². The highest BCUT2D eigenvalue weighted by Crippen LogP contribution is 2.48. The Balaban J connectivity index is 2.08. The molecule has 4 heteroatoms. The molecule has 1 amide bonds. The molecule has 1 N–H and O–H groups in total. The van der Waals surface area contributed by atoms with E-state index in [-0.39, 0.29) is 23.8 Å². The Bertz CT molecular complexity index is 385. The maximum absolute atomic E-state index is 11.8. The van der Waals surface area contributed by atoms with Crippen LogP contribution in [0.2, 0.25) is 0 Å². The van der Waals surface area contributed by atoms with Crippen molar-refractivity contribution in [1.29, 1.82) is 0 Å². The largest absolute Gasteiger partial charge is 0.469 e. The van der Waals surface area contributed by atoms with E-state index in [9.17, 15) is 9.59 Å². The summed E-state index contributed by atoms with van der Waals surface area (Å²) in [7, 11) is 1.42. The van der Waals surface area contributed by atoms with E-state index in [2.05, 4.69) is 5.32 Å². The number of esters is 1. The van der Waals surface area contributed by atoms with Gasteiger partial charge in [-0.3, -0.25) is 9.59 Å². The van der Waals surface area contributed by atoms with Gasteiger partial charge < -0.3 is 10.1 Å². The lowest BCUT2D eigenvalue weighted by Gasteiger charge is -2.29. The first-order valence-corrected chi connectivity index (χ1v) is 6.56. The maximum atomic E-state index is 11.8. The molecule has 0 aromatic heterocycles. The number of rotatable bonds is 3. The summed E-state index contributed by atoms with van der Waals surface area (Å²) in [4.78, 5) is 23.6. The Hall–Kier alpha value is -1.32. The van der Waals surface area contributed by atoms with Gasteiger partial charge >= 0.3 is 5.97 Å². The monoisotopic (exact) mass is 251 g/mol. The van der Waals surface area contributed by atoms with Crippen molar-refractivity contribution >= 4 is 11.9 Å². The molecule has 4 nitrogen and oxygen atoms in total. The predicted molar refractivity (Wildman–Crippen MR) is 67.7 cm³/mol. The highest BCUT2D eigenvalue weighted by atomic mass is 16.5. The van der Waals surface area contributed by atoms with Crippen LogP contribution in [-0.2, 0) is 14.3 Å². The minimum Gasteiger partial charge on any atom is -0.469 e.